The van der Waals surface area contributed by atoms with Gasteiger partial charge in [-0.25, -0.2) is 0 Å². The highest BCUT2D eigenvalue weighted by Gasteiger charge is 2.22. The SMILES string of the molecule is COc1ccc(/C=N/N=C/c2ccc(OCCCN3C(=O)C=CC3=O)cc2)cc1. The number of amides is 2. The van der Waals surface area contributed by atoms with E-state index in [2.05, 4.69) is 10.2 Å². The van der Waals surface area contributed by atoms with E-state index in [4.69, 9.17) is 9.47 Å². The van der Waals surface area contributed by atoms with Crippen LogP contribution in [-0.4, -0.2) is 49.4 Å². The van der Waals surface area contributed by atoms with Crippen molar-refractivity contribution in [3.8, 4) is 11.5 Å². The van der Waals surface area contributed by atoms with E-state index in [1.54, 1.807) is 19.5 Å². The lowest BCUT2D eigenvalue weighted by Crippen LogP contribution is -2.31. The van der Waals surface area contributed by atoms with Gasteiger partial charge < -0.3 is 9.47 Å². The van der Waals surface area contributed by atoms with Crippen LogP contribution in [0.3, 0.4) is 0 Å². The van der Waals surface area contributed by atoms with Crippen molar-refractivity contribution in [2.24, 2.45) is 10.2 Å². The molecule has 0 saturated heterocycles. The third-order valence-electron chi connectivity index (χ3n) is 4.17. The quantitative estimate of drug-likeness (QED) is 0.285. The first-order valence-electron chi connectivity index (χ1n) is 9.12. The van der Waals surface area contributed by atoms with Gasteiger partial charge in [-0.2, -0.15) is 10.2 Å². The van der Waals surface area contributed by atoms with E-state index in [0.717, 1.165) is 16.9 Å². The Bertz CT molecular complexity index is 914. The maximum absolute atomic E-state index is 11.5. The van der Waals surface area contributed by atoms with Crippen molar-refractivity contribution in [1.82, 2.24) is 4.90 Å². The second-order valence-corrected chi connectivity index (χ2v) is 6.19. The number of benzene rings is 2. The molecule has 0 unspecified atom stereocenters. The predicted octanol–water partition coefficient (Wildman–Crippen LogP) is 2.84. The fourth-order valence-electron chi connectivity index (χ4n) is 2.60. The van der Waals surface area contributed by atoms with Crippen molar-refractivity contribution in [2.75, 3.05) is 20.3 Å². The molecule has 1 aliphatic rings. The third kappa shape index (κ3) is 5.87. The number of imide groups is 1. The second kappa shape index (κ2) is 9.98. The summed E-state index contributed by atoms with van der Waals surface area (Å²) in [5, 5.41) is 8.07. The molecule has 0 aromatic heterocycles. The monoisotopic (exact) mass is 391 g/mol. The van der Waals surface area contributed by atoms with Gasteiger partial charge in [-0.3, -0.25) is 14.5 Å². The van der Waals surface area contributed by atoms with Crippen LogP contribution < -0.4 is 9.47 Å². The summed E-state index contributed by atoms with van der Waals surface area (Å²) >= 11 is 0. The first kappa shape index (κ1) is 20.0. The number of methoxy groups -OCH3 is 1. The average Bonchev–Trinajstić information content (AvgIpc) is 3.07. The Kier molecular flexibility index (Phi) is 6.89. The summed E-state index contributed by atoms with van der Waals surface area (Å²) in [6, 6.07) is 14.9. The lowest BCUT2D eigenvalue weighted by Gasteiger charge is -2.13. The molecule has 148 valence electrons. The molecule has 7 nitrogen and oxygen atoms in total. The Morgan fingerprint density at radius 3 is 1.86 bits per heavy atom. The molecule has 7 heteroatoms. The lowest BCUT2D eigenvalue weighted by molar-refractivity contribution is -0.136. The highest BCUT2D eigenvalue weighted by molar-refractivity contribution is 6.12. The van der Waals surface area contributed by atoms with E-state index >= 15 is 0 Å². The average molecular weight is 391 g/mol. The predicted molar refractivity (Wildman–Crippen MR) is 111 cm³/mol. The Morgan fingerprint density at radius 2 is 1.34 bits per heavy atom. The minimum absolute atomic E-state index is 0.270. The normalized spacial score (nSPS) is 13.8. The van der Waals surface area contributed by atoms with Crippen molar-refractivity contribution in [3.05, 3.63) is 71.8 Å². The summed E-state index contributed by atoms with van der Waals surface area (Å²) in [7, 11) is 1.63. The van der Waals surface area contributed by atoms with E-state index in [1.807, 2.05) is 48.5 Å². The molecule has 0 fully saturated rings. The third-order valence-corrected chi connectivity index (χ3v) is 4.17. The molecule has 0 atom stereocenters. The number of hydrogen-bond donors (Lipinski definition) is 0. The molecule has 3 rings (SSSR count). The standard InChI is InChI=1S/C22H21N3O4/c1-28-19-7-3-17(4-8-19)15-23-24-16-18-5-9-20(10-6-18)29-14-2-13-25-21(26)11-12-22(25)27/h3-12,15-16H,2,13-14H2,1H3/b23-15+,24-16+. The van der Waals surface area contributed by atoms with E-state index in [0.29, 0.717) is 25.3 Å². The van der Waals surface area contributed by atoms with Gasteiger partial charge in [0.15, 0.2) is 0 Å². The maximum atomic E-state index is 11.5. The number of nitrogens with zero attached hydrogens (tertiary/aromatic N) is 3. The van der Waals surface area contributed by atoms with Crippen LogP contribution in [0.25, 0.3) is 0 Å². The molecule has 2 amide bonds. The van der Waals surface area contributed by atoms with Crippen LogP contribution in [0.15, 0.2) is 70.9 Å². The Hall–Kier alpha value is -3.74. The molecule has 0 radical (unpaired) electrons. The summed E-state index contributed by atoms with van der Waals surface area (Å²) < 4.78 is 10.7. The molecular formula is C22H21N3O4. The van der Waals surface area contributed by atoms with Crippen LogP contribution in [-0.2, 0) is 9.59 Å². The van der Waals surface area contributed by atoms with Gasteiger partial charge in [-0.05, 0) is 66.1 Å². The molecule has 0 aliphatic carbocycles. The van der Waals surface area contributed by atoms with Gasteiger partial charge in [0.1, 0.15) is 11.5 Å². The van der Waals surface area contributed by atoms with Crippen molar-refractivity contribution in [1.29, 1.82) is 0 Å². The minimum Gasteiger partial charge on any atom is -0.497 e. The van der Waals surface area contributed by atoms with Gasteiger partial charge in [0, 0.05) is 18.7 Å². The summed E-state index contributed by atoms with van der Waals surface area (Å²) in [6.45, 7) is 0.762. The molecule has 1 heterocycles. The van der Waals surface area contributed by atoms with Crippen LogP contribution in [0.5, 0.6) is 11.5 Å². The number of hydrogen-bond acceptors (Lipinski definition) is 6. The second-order valence-electron chi connectivity index (χ2n) is 6.19. The summed E-state index contributed by atoms with van der Waals surface area (Å²) in [6.07, 6.45) is 6.46. The maximum Gasteiger partial charge on any atom is 0.253 e. The number of rotatable bonds is 9. The van der Waals surface area contributed by atoms with Gasteiger partial charge in [-0.15, -0.1) is 0 Å². The zero-order valence-corrected chi connectivity index (χ0v) is 16.0. The zero-order chi connectivity index (χ0) is 20.5. The lowest BCUT2D eigenvalue weighted by atomic mass is 10.2. The minimum atomic E-state index is -0.270. The van der Waals surface area contributed by atoms with Crippen molar-refractivity contribution >= 4 is 24.2 Å². The summed E-state index contributed by atoms with van der Waals surface area (Å²) in [5.41, 5.74) is 1.82. The Balaban J connectivity index is 1.41. The molecule has 1 aliphatic heterocycles. The molecule has 2 aromatic rings. The molecule has 0 N–H and O–H groups in total. The van der Waals surface area contributed by atoms with Gasteiger partial charge in [-0.1, -0.05) is 0 Å². The van der Waals surface area contributed by atoms with E-state index in [1.165, 1.54) is 17.1 Å². The molecule has 0 saturated carbocycles. The van der Waals surface area contributed by atoms with E-state index in [9.17, 15) is 9.59 Å². The number of carbonyl (C=O) groups excluding carboxylic acids is 2. The molecule has 29 heavy (non-hydrogen) atoms. The van der Waals surface area contributed by atoms with Gasteiger partial charge in [0.2, 0.25) is 0 Å². The Morgan fingerprint density at radius 1 is 0.828 bits per heavy atom. The Labute approximate surface area is 169 Å². The number of carbonyl (C=O) groups is 2. The molecular weight excluding hydrogens is 370 g/mol. The first-order valence-corrected chi connectivity index (χ1v) is 9.12. The van der Waals surface area contributed by atoms with Crippen molar-refractivity contribution in [3.63, 3.8) is 0 Å². The van der Waals surface area contributed by atoms with Crippen LogP contribution in [0.2, 0.25) is 0 Å². The highest BCUT2D eigenvalue weighted by Crippen LogP contribution is 2.12. The highest BCUT2D eigenvalue weighted by atomic mass is 16.5. The van der Waals surface area contributed by atoms with Gasteiger partial charge in [0.25, 0.3) is 11.8 Å². The zero-order valence-electron chi connectivity index (χ0n) is 16.0. The van der Waals surface area contributed by atoms with Gasteiger partial charge >= 0.3 is 0 Å². The van der Waals surface area contributed by atoms with E-state index < -0.39 is 0 Å². The summed E-state index contributed by atoms with van der Waals surface area (Å²) in [5.74, 6) is 0.964. The first-order chi connectivity index (χ1) is 14.2. The van der Waals surface area contributed by atoms with Crippen LogP contribution in [0.1, 0.15) is 17.5 Å². The van der Waals surface area contributed by atoms with E-state index in [-0.39, 0.29) is 11.8 Å². The molecule has 0 spiro atoms. The number of ether oxygens (including phenoxy) is 2. The van der Waals surface area contributed by atoms with Crippen molar-refractivity contribution in [2.45, 2.75) is 6.42 Å². The topological polar surface area (TPSA) is 80.6 Å². The van der Waals surface area contributed by atoms with Gasteiger partial charge in [0.05, 0.1) is 26.1 Å². The molecule has 0 bridgehead atoms. The largest absolute Gasteiger partial charge is 0.497 e. The smallest absolute Gasteiger partial charge is 0.253 e. The van der Waals surface area contributed by atoms with Crippen LogP contribution >= 0.6 is 0 Å². The van der Waals surface area contributed by atoms with Crippen LogP contribution in [0.4, 0.5) is 0 Å². The fourth-order valence-corrected chi connectivity index (χ4v) is 2.60. The molecule has 2 aromatic carbocycles. The van der Waals surface area contributed by atoms with Crippen LogP contribution in [0, 0.1) is 0 Å². The summed E-state index contributed by atoms with van der Waals surface area (Å²) in [4.78, 5) is 24.1. The fraction of sp³-hybridized carbons (Fsp3) is 0.182. The van der Waals surface area contributed by atoms with Crippen molar-refractivity contribution < 1.29 is 19.1 Å².